The topological polar surface area (TPSA) is 71.1 Å². The molecule has 1 aromatic carbocycles. The molecule has 0 aliphatic rings. The Bertz CT molecular complexity index is 550. The lowest BCUT2D eigenvalue weighted by atomic mass is 10.2. The minimum absolute atomic E-state index is 0.166. The zero-order valence-corrected chi connectivity index (χ0v) is 13.7. The first kappa shape index (κ1) is 18.5. The summed E-state index contributed by atoms with van der Waals surface area (Å²) in [6.45, 7) is 2.42. The number of esters is 2. The Hall–Kier alpha value is -2.50. The summed E-state index contributed by atoms with van der Waals surface area (Å²) in [6.07, 6.45) is 3.95. The molecule has 23 heavy (non-hydrogen) atoms. The molecule has 0 fully saturated rings. The maximum Gasteiger partial charge on any atom is 0.377 e. The fourth-order valence-electron chi connectivity index (χ4n) is 1.76. The van der Waals surface area contributed by atoms with E-state index in [0.717, 1.165) is 25.5 Å². The lowest BCUT2D eigenvalue weighted by Crippen LogP contribution is -2.14. The Kier molecular flexibility index (Phi) is 8.28. The van der Waals surface area contributed by atoms with Crippen molar-refractivity contribution in [2.24, 2.45) is 0 Å². The Labute approximate surface area is 136 Å². The van der Waals surface area contributed by atoms with Gasteiger partial charge in [0, 0.05) is 0 Å². The molecule has 0 bridgehead atoms. The summed E-state index contributed by atoms with van der Waals surface area (Å²) >= 11 is 0. The molecule has 0 heterocycles. The maximum atomic E-state index is 12.1. The van der Waals surface area contributed by atoms with Crippen LogP contribution in [0.1, 0.15) is 36.5 Å². The number of carbonyl (C=O) groups excluding carboxylic acids is 2. The highest BCUT2D eigenvalue weighted by atomic mass is 16.6. The first-order valence-corrected chi connectivity index (χ1v) is 7.39. The van der Waals surface area contributed by atoms with E-state index in [2.05, 4.69) is 11.7 Å². The van der Waals surface area contributed by atoms with Gasteiger partial charge in [-0.15, -0.1) is 0 Å². The smallest absolute Gasteiger partial charge is 0.377 e. The molecule has 0 aliphatic carbocycles. The third kappa shape index (κ3) is 6.02. The maximum absolute atomic E-state index is 12.1. The van der Waals surface area contributed by atoms with Crippen LogP contribution in [0.15, 0.2) is 36.3 Å². The Morgan fingerprint density at radius 1 is 1.13 bits per heavy atom. The van der Waals surface area contributed by atoms with E-state index >= 15 is 0 Å². The number of benzene rings is 1. The van der Waals surface area contributed by atoms with E-state index < -0.39 is 11.9 Å². The number of unbranched alkanes of at least 4 members (excludes halogenated alkanes) is 2. The van der Waals surface area contributed by atoms with Gasteiger partial charge in [-0.05, 0) is 18.6 Å². The fourth-order valence-corrected chi connectivity index (χ4v) is 1.76. The van der Waals surface area contributed by atoms with Gasteiger partial charge in [0.15, 0.2) is 0 Å². The van der Waals surface area contributed by atoms with Gasteiger partial charge in [0.25, 0.3) is 0 Å². The number of hydrogen-bond acceptors (Lipinski definition) is 6. The summed E-state index contributed by atoms with van der Waals surface area (Å²) in [6, 6.07) is 6.51. The van der Waals surface area contributed by atoms with Gasteiger partial charge >= 0.3 is 11.9 Å². The molecule has 0 aliphatic heterocycles. The number of hydrogen-bond donors (Lipinski definition) is 0. The van der Waals surface area contributed by atoms with Gasteiger partial charge < -0.3 is 18.9 Å². The molecular formula is C17H22O6. The van der Waals surface area contributed by atoms with E-state index in [-0.39, 0.29) is 17.1 Å². The summed E-state index contributed by atoms with van der Waals surface area (Å²) in [5, 5.41) is 0. The molecule has 0 spiro atoms. The van der Waals surface area contributed by atoms with E-state index in [1.54, 1.807) is 24.3 Å². The highest BCUT2D eigenvalue weighted by Crippen LogP contribution is 2.22. The molecule has 1 aromatic rings. The van der Waals surface area contributed by atoms with Gasteiger partial charge in [0.1, 0.15) is 17.6 Å². The zero-order chi connectivity index (χ0) is 17.1. The van der Waals surface area contributed by atoms with Gasteiger partial charge in [0.2, 0.25) is 5.76 Å². The molecule has 0 radical (unpaired) electrons. The van der Waals surface area contributed by atoms with Crippen LogP contribution >= 0.6 is 0 Å². The van der Waals surface area contributed by atoms with E-state index in [0.29, 0.717) is 6.61 Å². The van der Waals surface area contributed by atoms with Gasteiger partial charge in [0.05, 0.1) is 20.8 Å². The van der Waals surface area contributed by atoms with Gasteiger partial charge in [-0.1, -0.05) is 31.9 Å². The van der Waals surface area contributed by atoms with Gasteiger partial charge in [-0.2, -0.15) is 0 Å². The third-order valence-corrected chi connectivity index (χ3v) is 2.92. The summed E-state index contributed by atoms with van der Waals surface area (Å²) < 4.78 is 20.0. The second kappa shape index (κ2) is 10.3. The Morgan fingerprint density at radius 3 is 2.52 bits per heavy atom. The SMILES string of the molecule is CCCCCOC(=O)c1ccccc1O/C(=C/OC)C(=O)OC. The number of carbonyl (C=O) groups is 2. The Morgan fingerprint density at radius 2 is 1.87 bits per heavy atom. The van der Waals surface area contributed by atoms with Crippen LogP contribution in [-0.2, 0) is 19.0 Å². The molecule has 0 amide bonds. The number of rotatable bonds is 9. The van der Waals surface area contributed by atoms with Crippen molar-refractivity contribution in [2.45, 2.75) is 26.2 Å². The molecule has 1 rings (SSSR count). The number of methoxy groups -OCH3 is 2. The average Bonchev–Trinajstić information content (AvgIpc) is 2.58. The minimum atomic E-state index is -0.710. The van der Waals surface area contributed by atoms with Crippen LogP contribution in [-0.4, -0.2) is 32.8 Å². The molecule has 0 aromatic heterocycles. The van der Waals surface area contributed by atoms with Crippen LogP contribution in [0.5, 0.6) is 5.75 Å². The van der Waals surface area contributed by atoms with Crippen molar-refractivity contribution in [3.63, 3.8) is 0 Å². The van der Waals surface area contributed by atoms with Crippen LogP contribution in [0.3, 0.4) is 0 Å². The van der Waals surface area contributed by atoms with Crippen molar-refractivity contribution in [1.82, 2.24) is 0 Å². The van der Waals surface area contributed by atoms with Crippen LogP contribution in [0.25, 0.3) is 0 Å². The largest absolute Gasteiger partial charge is 0.500 e. The van der Waals surface area contributed by atoms with E-state index in [1.165, 1.54) is 14.2 Å². The summed E-state index contributed by atoms with van der Waals surface area (Å²) in [5.74, 6) is -1.18. The molecule has 6 heteroatoms. The monoisotopic (exact) mass is 322 g/mol. The predicted octanol–water partition coefficient (Wildman–Crippen LogP) is 3.07. The zero-order valence-electron chi connectivity index (χ0n) is 13.7. The molecule has 0 saturated heterocycles. The number of para-hydroxylation sites is 1. The van der Waals surface area contributed by atoms with Crippen molar-refractivity contribution >= 4 is 11.9 Å². The summed E-state index contributed by atoms with van der Waals surface area (Å²) in [5.41, 5.74) is 0.231. The molecule has 6 nitrogen and oxygen atoms in total. The predicted molar refractivity (Wildman–Crippen MR) is 84.0 cm³/mol. The van der Waals surface area contributed by atoms with E-state index in [4.69, 9.17) is 14.2 Å². The molecular weight excluding hydrogens is 300 g/mol. The minimum Gasteiger partial charge on any atom is -0.500 e. The first-order valence-electron chi connectivity index (χ1n) is 7.39. The summed E-state index contributed by atoms with van der Waals surface area (Å²) in [4.78, 5) is 23.8. The van der Waals surface area contributed by atoms with Crippen LogP contribution in [0.4, 0.5) is 0 Å². The van der Waals surface area contributed by atoms with Crippen LogP contribution in [0, 0.1) is 0 Å². The normalized spacial score (nSPS) is 10.8. The first-order chi connectivity index (χ1) is 11.1. The van der Waals surface area contributed by atoms with Crippen molar-refractivity contribution in [3.8, 4) is 5.75 Å². The van der Waals surface area contributed by atoms with Crippen molar-refractivity contribution in [3.05, 3.63) is 41.9 Å². The standard InChI is InChI=1S/C17H22O6/c1-4-5-8-11-22-16(18)13-9-6-7-10-14(13)23-15(12-20-2)17(19)21-3/h6-7,9-10,12H,4-5,8,11H2,1-3H3/b15-12+. The molecule has 0 atom stereocenters. The summed E-state index contributed by atoms with van der Waals surface area (Å²) in [7, 11) is 2.60. The van der Waals surface area contributed by atoms with Gasteiger partial charge in [-0.25, -0.2) is 9.59 Å². The van der Waals surface area contributed by atoms with Crippen molar-refractivity contribution < 1.29 is 28.5 Å². The van der Waals surface area contributed by atoms with E-state index in [9.17, 15) is 9.59 Å². The molecule has 0 N–H and O–H groups in total. The van der Waals surface area contributed by atoms with Crippen LogP contribution in [0.2, 0.25) is 0 Å². The molecule has 0 saturated carbocycles. The lowest BCUT2D eigenvalue weighted by Gasteiger charge is -2.12. The van der Waals surface area contributed by atoms with Gasteiger partial charge in [-0.3, -0.25) is 0 Å². The average molecular weight is 322 g/mol. The van der Waals surface area contributed by atoms with Crippen molar-refractivity contribution in [1.29, 1.82) is 0 Å². The van der Waals surface area contributed by atoms with Crippen molar-refractivity contribution in [2.75, 3.05) is 20.8 Å². The quantitative estimate of drug-likeness (QED) is 0.301. The fraction of sp³-hybridized carbons (Fsp3) is 0.412. The second-order valence-corrected chi connectivity index (χ2v) is 4.65. The highest BCUT2D eigenvalue weighted by molar-refractivity contribution is 5.93. The van der Waals surface area contributed by atoms with Crippen LogP contribution < -0.4 is 4.74 Å². The molecule has 0 unspecified atom stereocenters. The lowest BCUT2D eigenvalue weighted by molar-refractivity contribution is -0.138. The molecule has 126 valence electrons. The third-order valence-electron chi connectivity index (χ3n) is 2.92. The number of ether oxygens (including phenoxy) is 4. The second-order valence-electron chi connectivity index (χ2n) is 4.65. The Balaban J connectivity index is 2.85. The highest BCUT2D eigenvalue weighted by Gasteiger charge is 2.19. The van der Waals surface area contributed by atoms with E-state index in [1.807, 2.05) is 0 Å².